The van der Waals surface area contributed by atoms with Crippen LogP contribution in [0.5, 0.6) is 0 Å². The maximum Gasteiger partial charge on any atom is 0.236 e. The Morgan fingerprint density at radius 1 is 1.24 bits per heavy atom. The topological polar surface area (TPSA) is 50.2 Å². The Morgan fingerprint density at radius 2 is 2.00 bits per heavy atom. The largest absolute Gasteiger partial charge is 0.342 e. The molecule has 3 rings (SSSR count). The van der Waals surface area contributed by atoms with E-state index in [4.69, 9.17) is 0 Å². The number of nitrogens with one attached hydrogen (secondary N) is 1. The predicted molar refractivity (Wildman–Crippen MR) is 99.1 cm³/mol. The molecule has 0 aliphatic carbocycles. The highest BCUT2D eigenvalue weighted by molar-refractivity contribution is 5.78. The van der Waals surface area contributed by atoms with Crippen molar-refractivity contribution in [3.8, 4) is 0 Å². The molecule has 0 radical (unpaired) electrons. The Morgan fingerprint density at radius 3 is 2.68 bits per heavy atom. The quantitative estimate of drug-likeness (QED) is 0.842. The molecule has 2 heterocycles. The van der Waals surface area contributed by atoms with Gasteiger partial charge in [-0.1, -0.05) is 30.3 Å². The molecule has 1 aliphatic heterocycles. The summed E-state index contributed by atoms with van der Waals surface area (Å²) in [5, 5.41) is 7.51. The molecule has 1 N–H and O–H groups in total. The first kappa shape index (κ1) is 17.7. The summed E-state index contributed by atoms with van der Waals surface area (Å²) < 4.78 is 1.89. The molecule has 5 heteroatoms. The summed E-state index contributed by atoms with van der Waals surface area (Å²) in [7, 11) is 0. The van der Waals surface area contributed by atoms with Gasteiger partial charge in [0.25, 0.3) is 0 Å². The summed E-state index contributed by atoms with van der Waals surface area (Å²) >= 11 is 0. The summed E-state index contributed by atoms with van der Waals surface area (Å²) in [4.78, 5) is 14.4. The lowest BCUT2D eigenvalue weighted by molar-refractivity contribution is -0.131. The molecule has 0 bridgehead atoms. The van der Waals surface area contributed by atoms with Crippen molar-refractivity contribution < 1.29 is 4.79 Å². The fraction of sp³-hybridized carbons (Fsp3) is 0.500. The zero-order chi connectivity index (χ0) is 17.5. The van der Waals surface area contributed by atoms with Crippen molar-refractivity contribution in [1.82, 2.24) is 20.0 Å². The number of nitrogens with zero attached hydrogens (tertiary/aromatic N) is 3. The third kappa shape index (κ3) is 5.43. The monoisotopic (exact) mass is 340 g/mol. The van der Waals surface area contributed by atoms with Crippen molar-refractivity contribution in [1.29, 1.82) is 0 Å². The molecule has 0 unspecified atom stereocenters. The highest BCUT2D eigenvalue weighted by Crippen LogP contribution is 2.21. The van der Waals surface area contributed by atoms with Crippen LogP contribution in [0.4, 0.5) is 0 Å². The lowest BCUT2D eigenvalue weighted by Crippen LogP contribution is -2.45. The number of carbonyl (C=O) groups is 1. The molecule has 1 fully saturated rings. The summed E-state index contributed by atoms with van der Waals surface area (Å²) in [5.41, 5.74) is 1.40. The van der Waals surface area contributed by atoms with Gasteiger partial charge in [0.15, 0.2) is 0 Å². The molecule has 2 aromatic rings. The maximum absolute atomic E-state index is 12.4. The molecular formula is C20H28N4O. The van der Waals surface area contributed by atoms with E-state index in [1.165, 1.54) is 5.56 Å². The van der Waals surface area contributed by atoms with Crippen LogP contribution in [-0.4, -0.2) is 46.3 Å². The SMILES string of the molecule is C[C@H](Cn1cccn1)NCC(=O)N1CCC(Cc2ccccc2)CC1. The van der Waals surface area contributed by atoms with E-state index < -0.39 is 0 Å². The molecule has 1 aromatic heterocycles. The van der Waals surface area contributed by atoms with Gasteiger partial charge in [0, 0.05) is 31.5 Å². The Labute approximate surface area is 150 Å². The first-order valence-electron chi connectivity index (χ1n) is 9.23. The Balaban J connectivity index is 1.36. The minimum atomic E-state index is 0.213. The molecule has 25 heavy (non-hydrogen) atoms. The standard InChI is InChI=1S/C20H28N4O/c1-17(16-24-11-5-10-22-24)21-15-20(25)23-12-8-19(9-13-23)14-18-6-3-2-4-7-18/h2-7,10-11,17,19,21H,8-9,12-16H2,1H3/t17-/m1/s1. The lowest BCUT2D eigenvalue weighted by atomic mass is 9.90. The number of hydrogen-bond acceptors (Lipinski definition) is 3. The van der Waals surface area contributed by atoms with Gasteiger partial charge in [-0.3, -0.25) is 9.48 Å². The van der Waals surface area contributed by atoms with Gasteiger partial charge in [0.05, 0.1) is 13.1 Å². The predicted octanol–water partition coefficient (Wildman–Crippen LogP) is 2.34. The normalized spacial score (nSPS) is 16.8. The third-order valence-corrected chi connectivity index (χ3v) is 4.96. The molecule has 0 saturated carbocycles. The van der Waals surface area contributed by atoms with Crippen LogP contribution >= 0.6 is 0 Å². The van der Waals surface area contributed by atoms with Crippen molar-refractivity contribution in [2.45, 2.75) is 38.8 Å². The van der Waals surface area contributed by atoms with Crippen LogP contribution in [0.15, 0.2) is 48.8 Å². The number of carbonyl (C=O) groups excluding carboxylic acids is 1. The molecular weight excluding hydrogens is 312 g/mol. The zero-order valence-corrected chi connectivity index (χ0v) is 15.0. The average Bonchev–Trinajstić information content (AvgIpc) is 3.14. The highest BCUT2D eigenvalue weighted by Gasteiger charge is 2.23. The van der Waals surface area contributed by atoms with Crippen LogP contribution in [0.1, 0.15) is 25.3 Å². The molecule has 134 valence electrons. The van der Waals surface area contributed by atoms with E-state index in [9.17, 15) is 4.79 Å². The summed E-state index contributed by atoms with van der Waals surface area (Å²) in [6.45, 7) is 5.03. The van der Waals surface area contributed by atoms with Crippen molar-refractivity contribution in [3.05, 3.63) is 54.4 Å². The number of aromatic nitrogens is 2. The van der Waals surface area contributed by atoms with E-state index in [-0.39, 0.29) is 11.9 Å². The second-order valence-electron chi connectivity index (χ2n) is 7.02. The van der Waals surface area contributed by atoms with Gasteiger partial charge in [-0.05, 0) is 43.7 Å². The molecule has 1 atom stereocenters. The second kappa shape index (κ2) is 8.81. The Hall–Kier alpha value is -2.14. The Kier molecular flexibility index (Phi) is 6.23. The van der Waals surface area contributed by atoms with Crippen LogP contribution in [0.25, 0.3) is 0 Å². The van der Waals surface area contributed by atoms with E-state index in [1.54, 1.807) is 6.20 Å². The minimum Gasteiger partial charge on any atom is -0.342 e. The first-order valence-corrected chi connectivity index (χ1v) is 9.23. The fourth-order valence-electron chi connectivity index (χ4n) is 3.46. The first-order chi connectivity index (χ1) is 12.2. The number of amides is 1. The second-order valence-corrected chi connectivity index (χ2v) is 7.02. The van der Waals surface area contributed by atoms with E-state index in [2.05, 4.69) is 47.7 Å². The maximum atomic E-state index is 12.4. The van der Waals surface area contributed by atoms with Gasteiger partial charge in [-0.15, -0.1) is 0 Å². The summed E-state index contributed by atoms with van der Waals surface area (Å²) in [5.74, 6) is 0.906. The lowest BCUT2D eigenvalue weighted by Gasteiger charge is -2.32. The third-order valence-electron chi connectivity index (χ3n) is 4.96. The number of piperidine rings is 1. The number of rotatable bonds is 7. The van der Waals surface area contributed by atoms with E-state index in [1.807, 2.05) is 21.8 Å². The summed E-state index contributed by atoms with van der Waals surface area (Å²) in [6.07, 6.45) is 7.05. The van der Waals surface area contributed by atoms with Crippen LogP contribution in [-0.2, 0) is 17.8 Å². The molecule has 5 nitrogen and oxygen atoms in total. The van der Waals surface area contributed by atoms with Crippen molar-refractivity contribution in [2.24, 2.45) is 5.92 Å². The van der Waals surface area contributed by atoms with Crippen molar-refractivity contribution in [3.63, 3.8) is 0 Å². The average molecular weight is 340 g/mol. The molecule has 1 saturated heterocycles. The zero-order valence-electron chi connectivity index (χ0n) is 15.0. The number of benzene rings is 1. The number of hydrogen-bond donors (Lipinski definition) is 1. The molecule has 1 aliphatic rings. The highest BCUT2D eigenvalue weighted by atomic mass is 16.2. The van der Waals surface area contributed by atoms with Gasteiger partial charge in [-0.25, -0.2) is 0 Å². The van der Waals surface area contributed by atoms with Crippen LogP contribution in [0, 0.1) is 5.92 Å². The Bertz CT molecular complexity index is 633. The van der Waals surface area contributed by atoms with Crippen molar-refractivity contribution in [2.75, 3.05) is 19.6 Å². The van der Waals surface area contributed by atoms with E-state index >= 15 is 0 Å². The van der Waals surface area contributed by atoms with Crippen molar-refractivity contribution >= 4 is 5.91 Å². The summed E-state index contributed by atoms with van der Waals surface area (Å²) in [6, 6.07) is 12.8. The minimum absolute atomic E-state index is 0.213. The molecule has 1 amide bonds. The van der Waals surface area contributed by atoms with Gasteiger partial charge < -0.3 is 10.2 Å². The van der Waals surface area contributed by atoms with Gasteiger partial charge >= 0.3 is 0 Å². The van der Waals surface area contributed by atoms with E-state index in [0.29, 0.717) is 12.5 Å². The van der Waals surface area contributed by atoms with Gasteiger partial charge in [0.1, 0.15) is 0 Å². The van der Waals surface area contributed by atoms with E-state index in [0.717, 1.165) is 38.9 Å². The van der Waals surface area contributed by atoms with Crippen LogP contribution in [0.3, 0.4) is 0 Å². The van der Waals surface area contributed by atoms with Gasteiger partial charge in [-0.2, -0.15) is 5.10 Å². The van der Waals surface area contributed by atoms with Gasteiger partial charge in [0.2, 0.25) is 5.91 Å². The van der Waals surface area contributed by atoms with Crippen LogP contribution in [0.2, 0.25) is 0 Å². The fourth-order valence-corrected chi connectivity index (χ4v) is 3.46. The molecule has 1 aromatic carbocycles. The smallest absolute Gasteiger partial charge is 0.236 e. The number of likely N-dealkylation sites (tertiary alicyclic amines) is 1. The molecule has 0 spiro atoms. The van der Waals surface area contributed by atoms with Crippen LogP contribution < -0.4 is 5.32 Å².